The van der Waals surface area contributed by atoms with Gasteiger partial charge in [-0.1, -0.05) is 6.07 Å². The van der Waals surface area contributed by atoms with Crippen molar-refractivity contribution < 1.29 is 6.53 Å². The van der Waals surface area contributed by atoms with Crippen molar-refractivity contribution in [3.63, 3.8) is 0 Å². The number of nitrogens with two attached hydrogens (primary N) is 1. The predicted octanol–water partition coefficient (Wildman–Crippen LogP) is 1.37. The zero-order valence-electron chi connectivity index (χ0n) is 7.94. The summed E-state index contributed by atoms with van der Waals surface area (Å²) in [5, 5.41) is 25.2. The van der Waals surface area contributed by atoms with Gasteiger partial charge in [0.05, 0.1) is 11.6 Å². The Kier molecular flexibility index (Phi) is 6.09. The minimum absolute atomic E-state index is 0. The largest absolute Gasteiger partial charge is 0.399 e. The first-order valence-electron chi connectivity index (χ1n) is 3.95. The van der Waals surface area contributed by atoms with Crippen molar-refractivity contribution in [3.05, 3.63) is 29.8 Å². The lowest BCUT2D eigenvalue weighted by Gasteiger charge is -1.89. The summed E-state index contributed by atoms with van der Waals surface area (Å²) in [6.07, 6.45) is 0. The van der Waals surface area contributed by atoms with Gasteiger partial charge in [0.1, 0.15) is 6.61 Å². The van der Waals surface area contributed by atoms with Crippen LogP contribution in [0.25, 0.3) is 0 Å². The fraction of sp³-hybridized carbons (Fsp3) is 0.111. The maximum absolute atomic E-state index is 8.36. The molecule has 0 aliphatic heterocycles. The number of amidine groups is 1. The number of aliphatic hydroxyl groups is 1. The summed E-state index contributed by atoms with van der Waals surface area (Å²) >= 11 is 0. The second kappa shape index (κ2) is 7.17. The molecule has 0 spiro atoms. The van der Waals surface area contributed by atoms with Crippen molar-refractivity contribution in [3.8, 4) is 6.07 Å². The van der Waals surface area contributed by atoms with Gasteiger partial charge in [-0.25, -0.2) is 5.53 Å². The van der Waals surface area contributed by atoms with Gasteiger partial charge >= 0.3 is 0 Å². The van der Waals surface area contributed by atoms with E-state index in [0.717, 1.165) is 0 Å². The van der Waals surface area contributed by atoms with Gasteiger partial charge in [0.2, 0.25) is 0 Å². The van der Waals surface area contributed by atoms with Crippen LogP contribution in [-0.2, 0) is 0 Å². The van der Waals surface area contributed by atoms with Crippen LogP contribution in [0.5, 0.6) is 0 Å². The Hall–Kier alpha value is -2.26. The third kappa shape index (κ3) is 5.90. The monoisotopic (exact) mass is 207 g/mol. The molecular weight excluding hydrogens is 194 g/mol. The summed E-state index contributed by atoms with van der Waals surface area (Å²) in [6, 6.07) is 8.85. The second-order valence-electron chi connectivity index (χ2n) is 2.45. The van der Waals surface area contributed by atoms with E-state index in [2.05, 4.69) is 5.11 Å². The quantitative estimate of drug-likeness (QED) is 0.240. The molecule has 0 saturated heterocycles. The molecule has 0 aromatic heterocycles. The van der Waals surface area contributed by atoms with Crippen LogP contribution in [0.15, 0.2) is 29.4 Å². The molecule has 80 valence electrons. The minimum atomic E-state index is -0.441. The molecule has 0 bridgehead atoms. The summed E-state index contributed by atoms with van der Waals surface area (Å²) in [4.78, 5) is 0. The summed E-state index contributed by atoms with van der Waals surface area (Å²) < 4.78 is 0. The smallest absolute Gasteiger partial charge is 0.168 e. The van der Waals surface area contributed by atoms with E-state index in [-0.39, 0.29) is 7.26 Å². The van der Waals surface area contributed by atoms with Gasteiger partial charge < -0.3 is 10.8 Å². The van der Waals surface area contributed by atoms with Gasteiger partial charge in [0, 0.05) is 7.11 Å². The lowest BCUT2D eigenvalue weighted by molar-refractivity contribution is 0.354. The van der Waals surface area contributed by atoms with Crippen LogP contribution in [0.1, 0.15) is 6.99 Å². The Morgan fingerprint density at radius 2 is 2.33 bits per heavy atom. The van der Waals surface area contributed by atoms with E-state index in [1.165, 1.54) is 0 Å². The molecule has 0 atom stereocenters. The van der Waals surface area contributed by atoms with Gasteiger partial charge in [-0.15, -0.1) is 5.11 Å². The SMILES string of the molecule is N#Cc1cccc(N)c1.N=NC(=N)CO.[HH]. The van der Waals surface area contributed by atoms with E-state index >= 15 is 0 Å². The number of nitrogens with one attached hydrogen (secondary N) is 2. The van der Waals surface area contributed by atoms with Crippen molar-refractivity contribution in [2.45, 2.75) is 0 Å². The fourth-order valence-corrected chi connectivity index (χ4v) is 0.644. The Morgan fingerprint density at radius 3 is 2.60 bits per heavy atom. The second-order valence-corrected chi connectivity index (χ2v) is 2.45. The van der Waals surface area contributed by atoms with Crippen molar-refractivity contribution >= 4 is 11.5 Å². The zero-order chi connectivity index (χ0) is 11.7. The first-order valence-corrected chi connectivity index (χ1v) is 3.95. The molecule has 1 aromatic rings. The van der Waals surface area contributed by atoms with E-state index < -0.39 is 6.61 Å². The van der Waals surface area contributed by atoms with E-state index in [9.17, 15) is 0 Å². The van der Waals surface area contributed by atoms with Crippen LogP contribution in [-0.4, -0.2) is 17.5 Å². The molecule has 15 heavy (non-hydrogen) atoms. The van der Waals surface area contributed by atoms with Crippen LogP contribution in [0, 0.1) is 22.3 Å². The van der Waals surface area contributed by atoms with Crippen LogP contribution in [0.2, 0.25) is 0 Å². The van der Waals surface area contributed by atoms with E-state index in [4.69, 9.17) is 27.0 Å². The first kappa shape index (κ1) is 12.7. The van der Waals surface area contributed by atoms with Crippen molar-refractivity contribution in [1.29, 1.82) is 16.2 Å². The fourth-order valence-electron chi connectivity index (χ4n) is 0.644. The van der Waals surface area contributed by atoms with Gasteiger partial charge in [-0.2, -0.15) is 5.26 Å². The molecule has 6 nitrogen and oxygen atoms in total. The first-order chi connectivity index (χ1) is 7.13. The highest BCUT2D eigenvalue weighted by molar-refractivity contribution is 5.79. The number of anilines is 1. The summed E-state index contributed by atoms with van der Waals surface area (Å²) in [5.74, 6) is -0.310. The number of benzene rings is 1. The van der Waals surface area contributed by atoms with Gasteiger partial charge in [-0.3, -0.25) is 5.41 Å². The van der Waals surface area contributed by atoms with Crippen molar-refractivity contribution in [2.24, 2.45) is 5.11 Å². The highest BCUT2D eigenvalue weighted by Gasteiger charge is 1.86. The van der Waals surface area contributed by atoms with E-state index in [0.29, 0.717) is 11.3 Å². The van der Waals surface area contributed by atoms with Crippen LogP contribution < -0.4 is 5.73 Å². The van der Waals surface area contributed by atoms with Gasteiger partial charge in [-0.05, 0) is 18.2 Å². The lowest BCUT2D eigenvalue weighted by Crippen LogP contribution is -1.94. The number of aliphatic hydroxyl groups excluding tert-OH is 1. The molecule has 0 heterocycles. The number of nitrogen functional groups attached to an aromatic ring is 1. The predicted molar refractivity (Wildman–Crippen MR) is 57.6 cm³/mol. The third-order valence-corrected chi connectivity index (χ3v) is 1.30. The molecule has 0 amide bonds. The molecule has 0 saturated carbocycles. The average Bonchev–Trinajstić information content (AvgIpc) is 2.28. The Bertz CT molecular complexity index is 388. The highest BCUT2D eigenvalue weighted by atomic mass is 16.3. The summed E-state index contributed by atoms with van der Waals surface area (Å²) in [6.45, 7) is -0.441. The molecule has 0 unspecified atom stereocenters. The molecule has 0 aliphatic carbocycles. The lowest BCUT2D eigenvalue weighted by atomic mass is 10.2. The Morgan fingerprint density at radius 1 is 1.67 bits per heavy atom. The maximum atomic E-state index is 8.36. The molecule has 0 radical (unpaired) electrons. The summed E-state index contributed by atoms with van der Waals surface area (Å²) in [5.41, 5.74) is 12.7. The molecule has 0 aliphatic rings. The van der Waals surface area contributed by atoms with Crippen molar-refractivity contribution in [2.75, 3.05) is 12.3 Å². The van der Waals surface area contributed by atoms with Gasteiger partial charge in [0.15, 0.2) is 5.84 Å². The molecule has 1 aromatic carbocycles. The number of nitriles is 1. The highest BCUT2D eigenvalue weighted by Crippen LogP contribution is 2.03. The summed E-state index contributed by atoms with van der Waals surface area (Å²) in [7, 11) is 0. The van der Waals surface area contributed by atoms with Gasteiger partial charge in [0.25, 0.3) is 0 Å². The van der Waals surface area contributed by atoms with Crippen molar-refractivity contribution in [1.82, 2.24) is 0 Å². The third-order valence-electron chi connectivity index (χ3n) is 1.30. The zero-order valence-corrected chi connectivity index (χ0v) is 7.94. The minimum Gasteiger partial charge on any atom is -0.399 e. The van der Waals surface area contributed by atoms with E-state index in [1.807, 2.05) is 6.07 Å². The van der Waals surface area contributed by atoms with Crippen LogP contribution in [0.4, 0.5) is 5.69 Å². The number of rotatable bonds is 1. The molecule has 1 rings (SSSR count). The standard InChI is InChI=1S/C7H6N2.C2H5N3O.H2/c8-5-6-2-1-3-7(9)4-6;3-2(1-6)5-4;/h1-4H,9H2;3-4,6H,1H2;1H. The molecule has 6 heteroatoms. The molecule has 5 N–H and O–H groups in total. The number of hydrogen-bond donors (Lipinski definition) is 4. The Balaban J connectivity index is 0. The average molecular weight is 207 g/mol. The van der Waals surface area contributed by atoms with Crippen LogP contribution in [0.3, 0.4) is 0 Å². The number of nitrogens with zero attached hydrogens (tertiary/aromatic N) is 2. The molecule has 0 fully saturated rings. The maximum Gasteiger partial charge on any atom is 0.168 e. The topological polar surface area (TPSA) is 130 Å². The Labute approximate surface area is 88.5 Å². The van der Waals surface area contributed by atoms with Crippen LogP contribution >= 0.6 is 0 Å². The van der Waals surface area contributed by atoms with E-state index in [1.54, 1.807) is 24.3 Å². The normalized spacial score (nSPS) is 8.00. The molecular formula is C9H13N5O. The number of hydrogen-bond acceptors (Lipinski definition) is 5.